The summed E-state index contributed by atoms with van der Waals surface area (Å²) in [6.45, 7) is 0.788. The minimum absolute atomic E-state index is 0.170. The highest BCUT2D eigenvalue weighted by Gasteiger charge is 2.19. The van der Waals surface area contributed by atoms with E-state index in [1.165, 1.54) is 11.1 Å². The second-order valence-electron chi connectivity index (χ2n) is 5.07. The molecule has 0 spiro atoms. The molecule has 0 bridgehead atoms. The monoisotopic (exact) mass is 272 g/mol. The molecule has 0 radical (unpaired) electrons. The first-order chi connectivity index (χ1) is 10.4. The van der Waals surface area contributed by atoms with Crippen molar-refractivity contribution in [2.24, 2.45) is 0 Å². The lowest BCUT2D eigenvalue weighted by atomic mass is 10.0. The van der Waals surface area contributed by atoms with Crippen LogP contribution in [-0.4, -0.2) is 4.90 Å². The fraction of sp³-hybridized carbons (Fsp3) is 0.105. The number of hydrogen-bond acceptors (Lipinski definition) is 2. The molecule has 1 aliphatic rings. The second kappa shape index (κ2) is 6.11. The van der Waals surface area contributed by atoms with E-state index < -0.39 is 0 Å². The molecule has 2 nitrogen and oxygen atoms in total. The standard InChI is InChI=1S/C19H16N2/c20-13-17-11-12-19(18-9-5-2-6-10-18)21(15-17)14-16-7-3-1-4-8-16/h1-12,15,19H,14H2. The summed E-state index contributed by atoms with van der Waals surface area (Å²) in [7, 11) is 0. The highest BCUT2D eigenvalue weighted by Crippen LogP contribution is 2.28. The predicted molar refractivity (Wildman–Crippen MR) is 84.0 cm³/mol. The van der Waals surface area contributed by atoms with Crippen molar-refractivity contribution >= 4 is 0 Å². The molecule has 1 heterocycles. The molecule has 1 atom stereocenters. The minimum atomic E-state index is 0.170. The zero-order valence-electron chi connectivity index (χ0n) is 11.7. The first kappa shape index (κ1) is 13.2. The molecule has 0 fully saturated rings. The molecule has 1 aliphatic heterocycles. The van der Waals surface area contributed by atoms with Crippen molar-refractivity contribution in [3.8, 4) is 6.07 Å². The Morgan fingerprint density at radius 1 is 0.952 bits per heavy atom. The number of nitrogens with zero attached hydrogens (tertiary/aromatic N) is 2. The molecule has 2 aromatic rings. The maximum absolute atomic E-state index is 9.14. The average molecular weight is 272 g/mol. The molecule has 1 unspecified atom stereocenters. The number of hydrogen-bond donors (Lipinski definition) is 0. The zero-order chi connectivity index (χ0) is 14.5. The Bertz CT molecular complexity index is 693. The van der Waals surface area contributed by atoms with Crippen LogP contribution in [0.25, 0.3) is 0 Å². The van der Waals surface area contributed by atoms with Gasteiger partial charge in [0.05, 0.1) is 11.6 Å². The summed E-state index contributed by atoms with van der Waals surface area (Å²) < 4.78 is 0. The summed E-state index contributed by atoms with van der Waals surface area (Å²) in [5.41, 5.74) is 3.17. The SMILES string of the molecule is N#CC1=CN(Cc2ccccc2)C(c2ccccc2)C=C1. The van der Waals surface area contributed by atoms with Crippen LogP contribution in [0.1, 0.15) is 17.2 Å². The molecule has 102 valence electrons. The third-order valence-corrected chi connectivity index (χ3v) is 3.60. The highest BCUT2D eigenvalue weighted by atomic mass is 15.1. The van der Waals surface area contributed by atoms with Crippen LogP contribution in [0, 0.1) is 11.3 Å². The normalized spacial score (nSPS) is 17.2. The number of rotatable bonds is 3. The van der Waals surface area contributed by atoms with Crippen LogP contribution in [0.3, 0.4) is 0 Å². The van der Waals surface area contributed by atoms with Crippen LogP contribution in [-0.2, 0) is 6.54 Å². The van der Waals surface area contributed by atoms with Crippen molar-refractivity contribution in [1.82, 2.24) is 4.90 Å². The maximum Gasteiger partial charge on any atom is 0.101 e. The van der Waals surface area contributed by atoms with E-state index in [0.717, 1.165) is 6.54 Å². The Hall–Kier alpha value is -2.79. The van der Waals surface area contributed by atoms with E-state index in [1.54, 1.807) is 0 Å². The van der Waals surface area contributed by atoms with Crippen LogP contribution in [0.4, 0.5) is 0 Å². The molecular weight excluding hydrogens is 256 g/mol. The van der Waals surface area contributed by atoms with Gasteiger partial charge in [0.25, 0.3) is 0 Å². The number of allylic oxidation sites excluding steroid dienone is 2. The predicted octanol–water partition coefficient (Wildman–Crippen LogP) is 4.21. The van der Waals surface area contributed by atoms with E-state index in [2.05, 4.69) is 41.3 Å². The van der Waals surface area contributed by atoms with Crippen molar-refractivity contribution in [1.29, 1.82) is 5.26 Å². The maximum atomic E-state index is 9.14. The van der Waals surface area contributed by atoms with Gasteiger partial charge in [0.1, 0.15) is 6.07 Å². The summed E-state index contributed by atoms with van der Waals surface area (Å²) in [5.74, 6) is 0. The lowest BCUT2D eigenvalue weighted by Gasteiger charge is -2.31. The number of nitriles is 1. The molecule has 2 aromatic carbocycles. The van der Waals surface area contributed by atoms with Crippen LogP contribution in [0.2, 0.25) is 0 Å². The van der Waals surface area contributed by atoms with Crippen LogP contribution in [0.15, 0.2) is 84.6 Å². The summed E-state index contributed by atoms with van der Waals surface area (Å²) in [6, 6.07) is 23.1. The van der Waals surface area contributed by atoms with Crippen molar-refractivity contribution in [3.63, 3.8) is 0 Å². The Labute approximate surface area is 125 Å². The minimum Gasteiger partial charge on any atom is -0.361 e. The Kier molecular flexibility index (Phi) is 3.84. The molecule has 0 saturated carbocycles. The van der Waals surface area contributed by atoms with Crippen molar-refractivity contribution in [3.05, 3.63) is 95.7 Å². The number of benzene rings is 2. The molecule has 21 heavy (non-hydrogen) atoms. The molecule has 0 aromatic heterocycles. The summed E-state index contributed by atoms with van der Waals surface area (Å²) >= 11 is 0. The smallest absolute Gasteiger partial charge is 0.101 e. The average Bonchev–Trinajstić information content (AvgIpc) is 2.56. The van der Waals surface area contributed by atoms with Gasteiger partial charge in [0, 0.05) is 12.7 Å². The summed E-state index contributed by atoms with van der Waals surface area (Å²) in [6.07, 6.45) is 5.95. The van der Waals surface area contributed by atoms with Crippen molar-refractivity contribution in [2.45, 2.75) is 12.6 Å². The third kappa shape index (κ3) is 3.04. The van der Waals surface area contributed by atoms with Gasteiger partial charge < -0.3 is 4.90 Å². The van der Waals surface area contributed by atoms with E-state index in [0.29, 0.717) is 5.57 Å². The first-order valence-electron chi connectivity index (χ1n) is 7.01. The van der Waals surface area contributed by atoms with Gasteiger partial charge in [-0.2, -0.15) is 5.26 Å². The molecule has 0 aliphatic carbocycles. The molecule has 0 saturated heterocycles. The van der Waals surface area contributed by atoms with E-state index in [4.69, 9.17) is 5.26 Å². The van der Waals surface area contributed by atoms with Gasteiger partial charge in [0.15, 0.2) is 0 Å². The fourth-order valence-electron chi connectivity index (χ4n) is 2.56. The van der Waals surface area contributed by atoms with Gasteiger partial charge >= 0.3 is 0 Å². The van der Waals surface area contributed by atoms with E-state index in [1.807, 2.05) is 48.7 Å². The largest absolute Gasteiger partial charge is 0.361 e. The Morgan fingerprint density at radius 2 is 1.62 bits per heavy atom. The van der Waals surface area contributed by atoms with Crippen LogP contribution in [0.5, 0.6) is 0 Å². The lowest BCUT2D eigenvalue weighted by molar-refractivity contribution is 0.311. The topological polar surface area (TPSA) is 27.0 Å². The van der Waals surface area contributed by atoms with Gasteiger partial charge in [-0.25, -0.2) is 0 Å². The van der Waals surface area contributed by atoms with E-state index in [9.17, 15) is 0 Å². The Morgan fingerprint density at radius 3 is 2.29 bits per heavy atom. The van der Waals surface area contributed by atoms with Crippen molar-refractivity contribution in [2.75, 3.05) is 0 Å². The highest BCUT2D eigenvalue weighted by molar-refractivity contribution is 5.39. The van der Waals surface area contributed by atoms with E-state index in [-0.39, 0.29) is 6.04 Å². The lowest BCUT2D eigenvalue weighted by Crippen LogP contribution is -2.24. The van der Waals surface area contributed by atoms with Crippen LogP contribution < -0.4 is 0 Å². The zero-order valence-corrected chi connectivity index (χ0v) is 11.7. The van der Waals surface area contributed by atoms with Gasteiger partial charge in [-0.3, -0.25) is 0 Å². The second-order valence-corrected chi connectivity index (χ2v) is 5.07. The van der Waals surface area contributed by atoms with Crippen molar-refractivity contribution < 1.29 is 0 Å². The third-order valence-electron chi connectivity index (χ3n) is 3.60. The molecule has 0 amide bonds. The quantitative estimate of drug-likeness (QED) is 0.837. The first-order valence-corrected chi connectivity index (χ1v) is 7.01. The van der Waals surface area contributed by atoms with Gasteiger partial charge in [-0.1, -0.05) is 66.7 Å². The Balaban J connectivity index is 1.90. The van der Waals surface area contributed by atoms with Gasteiger partial charge in [-0.15, -0.1) is 0 Å². The van der Waals surface area contributed by atoms with E-state index >= 15 is 0 Å². The van der Waals surface area contributed by atoms with Crippen LogP contribution >= 0.6 is 0 Å². The summed E-state index contributed by atoms with van der Waals surface area (Å²) in [5, 5.41) is 9.14. The molecule has 2 heteroatoms. The van der Waals surface area contributed by atoms with Gasteiger partial charge in [0.2, 0.25) is 0 Å². The fourth-order valence-corrected chi connectivity index (χ4v) is 2.56. The summed E-state index contributed by atoms with van der Waals surface area (Å²) in [4.78, 5) is 2.21. The molecule has 0 N–H and O–H groups in total. The van der Waals surface area contributed by atoms with Gasteiger partial charge in [-0.05, 0) is 17.2 Å². The molecule has 3 rings (SSSR count). The molecular formula is C19H16N2.